The topological polar surface area (TPSA) is 39.1 Å². The summed E-state index contributed by atoms with van der Waals surface area (Å²) in [7, 11) is 0. The van der Waals surface area contributed by atoms with Crippen molar-refractivity contribution in [2.24, 2.45) is 5.92 Å². The van der Waals surface area contributed by atoms with Crippen LogP contribution in [0.1, 0.15) is 45.6 Å². The molecule has 0 aliphatic carbocycles. The van der Waals surface area contributed by atoms with Gasteiger partial charge in [-0.2, -0.15) is 5.10 Å². The van der Waals surface area contributed by atoms with E-state index in [9.17, 15) is 0 Å². The van der Waals surface area contributed by atoms with Crippen LogP contribution in [0.25, 0.3) is 0 Å². The zero-order chi connectivity index (χ0) is 14.4. The molecule has 4 heteroatoms. The Morgan fingerprint density at radius 3 is 2.95 bits per heavy atom. The zero-order valence-electron chi connectivity index (χ0n) is 13.1. The third-order valence-electron chi connectivity index (χ3n) is 4.30. The summed E-state index contributed by atoms with van der Waals surface area (Å²) in [6, 6.07) is 0.511. The molecule has 3 atom stereocenters. The second-order valence-corrected chi connectivity index (χ2v) is 5.74. The first kappa shape index (κ1) is 15.5. The van der Waals surface area contributed by atoms with Crippen LogP contribution in [-0.4, -0.2) is 35.1 Å². The second-order valence-electron chi connectivity index (χ2n) is 5.74. The lowest BCUT2D eigenvalue weighted by molar-refractivity contribution is 0.0774. The summed E-state index contributed by atoms with van der Waals surface area (Å²) < 4.78 is 7.89. The van der Waals surface area contributed by atoms with Crippen molar-refractivity contribution in [2.45, 2.75) is 65.1 Å². The molecule has 2 heterocycles. The molecule has 1 aromatic rings. The molecule has 0 spiro atoms. The van der Waals surface area contributed by atoms with Gasteiger partial charge in [0.15, 0.2) is 0 Å². The summed E-state index contributed by atoms with van der Waals surface area (Å²) in [5.74, 6) is 0.636. The van der Waals surface area contributed by atoms with E-state index >= 15 is 0 Å². The average Bonchev–Trinajstić information content (AvgIpc) is 3.11. The molecule has 4 nitrogen and oxygen atoms in total. The number of nitrogens with one attached hydrogen (secondary N) is 1. The van der Waals surface area contributed by atoms with Crippen LogP contribution in [0.15, 0.2) is 12.4 Å². The van der Waals surface area contributed by atoms with Crippen LogP contribution >= 0.6 is 0 Å². The number of nitrogens with zero attached hydrogens (tertiary/aromatic N) is 2. The van der Waals surface area contributed by atoms with Gasteiger partial charge in [0.25, 0.3) is 0 Å². The van der Waals surface area contributed by atoms with Crippen molar-refractivity contribution in [1.29, 1.82) is 0 Å². The standard InChI is InChI=1S/C16H29N3O/c1-4-8-17-15(14-7-9-20-16(14)5-2)10-13-11-18-19(6-3)12-13/h11-12,14-17H,4-10H2,1-3H3. The summed E-state index contributed by atoms with van der Waals surface area (Å²) in [4.78, 5) is 0. The molecule has 20 heavy (non-hydrogen) atoms. The van der Waals surface area contributed by atoms with Gasteiger partial charge in [0.2, 0.25) is 0 Å². The van der Waals surface area contributed by atoms with Crippen LogP contribution in [0.2, 0.25) is 0 Å². The van der Waals surface area contributed by atoms with Crippen molar-refractivity contribution < 1.29 is 4.74 Å². The quantitative estimate of drug-likeness (QED) is 0.795. The van der Waals surface area contributed by atoms with Crippen molar-refractivity contribution in [3.8, 4) is 0 Å². The molecule has 1 N–H and O–H groups in total. The predicted octanol–water partition coefficient (Wildman–Crippen LogP) is 2.63. The van der Waals surface area contributed by atoms with E-state index in [1.165, 1.54) is 18.4 Å². The molecule has 0 amide bonds. The first-order chi connectivity index (χ1) is 9.78. The SMILES string of the molecule is CCCNC(Cc1cnn(CC)c1)C1CCOC1CC. The first-order valence-corrected chi connectivity index (χ1v) is 8.14. The Morgan fingerprint density at radius 1 is 1.45 bits per heavy atom. The molecular weight excluding hydrogens is 250 g/mol. The summed E-state index contributed by atoms with van der Waals surface area (Å²) in [6.07, 6.45) is 9.15. The molecule has 1 saturated heterocycles. The van der Waals surface area contributed by atoms with Gasteiger partial charge in [-0.15, -0.1) is 0 Å². The van der Waals surface area contributed by atoms with E-state index in [1.54, 1.807) is 0 Å². The molecule has 2 rings (SSSR count). The van der Waals surface area contributed by atoms with Crippen LogP contribution in [0.5, 0.6) is 0 Å². The molecular formula is C16H29N3O. The number of ether oxygens (including phenoxy) is 1. The predicted molar refractivity (Wildman–Crippen MR) is 81.8 cm³/mol. The summed E-state index contributed by atoms with van der Waals surface area (Å²) in [5, 5.41) is 8.13. The molecule has 114 valence electrons. The fourth-order valence-electron chi connectivity index (χ4n) is 3.19. The molecule has 0 aromatic carbocycles. The third kappa shape index (κ3) is 3.83. The van der Waals surface area contributed by atoms with Crippen LogP contribution < -0.4 is 5.32 Å². The van der Waals surface area contributed by atoms with E-state index in [2.05, 4.69) is 37.4 Å². The maximum atomic E-state index is 5.88. The van der Waals surface area contributed by atoms with E-state index in [0.29, 0.717) is 18.1 Å². The van der Waals surface area contributed by atoms with E-state index in [1.807, 2.05) is 10.9 Å². The Balaban J connectivity index is 2.02. The third-order valence-corrected chi connectivity index (χ3v) is 4.30. The van der Waals surface area contributed by atoms with E-state index in [0.717, 1.165) is 32.5 Å². The van der Waals surface area contributed by atoms with Crippen molar-refractivity contribution >= 4 is 0 Å². The Kier molecular flexibility index (Phi) is 6.05. The molecule has 1 fully saturated rings. The second kappa shape index (κ2) is 7.79. The summed E-state index contributed by atoms with van der Waals surface area (Å²) in [5.41, 5.74) is 1.34. The first-order valence-electron chi connectivity index (χ1n) is 8.14. The number of hydrogen-bond acceptors (Lipinski definition) is 3. The van der Waals surface area contributed by atoms with Gasteiger partial charge < -0.3 is 10.1 Å². The minimum Gasteiger partial charge on any atom is -0.378 e. The van der Waals surface area contributed by atoms with Crippen molar-refractivity contribution in [2.75, 3.05) is 13.2 Å². The van der Waals surface area contributed by atoms with Crippen molar-refractivity contribution in [3.05, 3.63) is 18.0 Å². The maximum absolute atomic E-state index is 5.88. The minimum absolute atomic E-state index is 0.422. The van der Waals surface area contributed by atoms with Gasteiger partial charge in [0.1, 0.15) is 0 Å². The van der Waals surface area contributed by atoms with Gasteiger partial charge in [-0.1, -0.05) is 13.8 Å². The van der Waals surface area contributed by atoms with Crippen LogP contribution in [0.4, 0.5) is 0 Å². The fourth-order valence-corrected chi connectivity index (χ4v) is 3.19. The Morgan fingerprint density at radius 2 is 2.30 bits per heavy atom. The highest BCUT2D eigenvalue weighted by Gasteiger charge is 2.33. The molecule has 1 aliphatic heterocycles. The smallest absolute Gasteiger partial charge is 0.0616 e. The summed E-state index contributed by atoms with van der Waals surface area (Å²) in [6.45, 7) is 9.52. The monoisotopic (exact) mass is 279 g/mol. The summed E-state index contributed by atoms with van der Waals surface area (Å²) >= 11 is 0. The van der Waals surface area contributed by atoms with Gasteiger partial charge in [0.05, 0.1) is 12.3 Å². The minimum atomic E-state index is 0.422. The van der Waals surface area contributed by atoms with Gasteiger partial charge >= 0.3 is 0 Å². The van der Waals surface area contributed by atoms with Gasteiger partial charge in [-0.05, 0) is 44.7 Å². The molecule has 0 saturated carbocycles. The Labute approximate surface area is 122 Å². The highest BCUT2D eigenvalue weighted by Crippen LogP contribution is 2.28. The Hall–Kier alpha value is -0.870. The highest BCUT2D eigenvalue weighted by atomic mass is 16.5. The van der Waals surface area contributed by atoms with Crippen molar-refractivity contribution in [3.63, 3.8) is 0 Å². The number of rotatable bonds is 8. The Bertz CT molecular complexity index is 391. The fraction of sp³-hybridized carbons (Fsp3) is 0.812. The molecule has 3 unspecified atom stereocenters. The number of hydrogen-bond donors (Lipinski definition) is 1. The number of aromatic nitrogens is 2. The lowest BCUT2D eigenvalue weighted by atomic mass is 9.88. The van der Waals surface area contributed by atoms with Crippen LogP contribution in [0, 0.1) is 5.92 Å². The van der Waals surface area contributed by atoms with Gasteiger partial charge in [-0.25, -0.2) is 0 Å². The normalized spacial score (nSPS) is 24.1. The largest absolute Gasteiger partial charge is 0.378 e. The highest BCUT2D eigenvalue weighted by molar-refractivity contribution is 5.07. The molecule has 1 aromatic heterocycles. The van der Waals surface area contributed by atoms with Gasteiger partial charge in [-0.3, -0.25) is 4.68 Å². The maximum Gasteiger partial charge on any atom is 0.0616 e. The van der Waals surface area contributed by atoms with Crippen molar-refractivity contribution in [1.82, 2.24) is 15.1 Å². The van der Waals surface area contributed by atoms with Crippen LogP contribution in [-0.2, 0) is 17.7 Å². The lowest BCUT2D eigenvalue weighted by Gasteiger charge is -2.28. The molecule has 0 bridgehead atoms. The van der Waals surface area contributed by atoms with E-state index in [4.69, 9.17) is 4.74 Å². The molecule has 1 aliphatic rings. The van der Waals surface area contributed by atoms with E-state index < -0.39 is 0 Å². The average molecular weight is 279 g/mol. The lowest BCUT2D eigenvalue weighted by Crippen LogP contribution is -2.41. The van der Waals surface area contributed by atoms with Crippen LogP contribution in [0.3, 0.4) is 0 Å². The van der Waals surface area contributed by atoms with Gasteiger partial charge in [0, 0.05) is 31.3 Å². The number of aryl methyl sites for hydroxylation is 1. The zero-order valence-corrected chi connectivity index (χ0v) is 13.1. The van der Waals surface area contributed by atoms with E-state index in [-0.39, 0.29) is 0 Å². The molecule has 0 radical (unpaired) electrons.